The fourth-order valence-electron chi connectivity index (χ4n) is 10.9. The number of ether oxygens (including phenoxy) is 4. The topological polar surface area (TPSA) is 248 Å². The number of carbonyl (C=O) groups excluding carboxylic acids is 8. The van der Waals surface area contributed by atoms with E-state index in [0.717, 1.165) is 52.8 Å². The Bertz CT molecular complexity index is 3170. The van der Waals surface area contributed by atoms with Gasteiger partial charge in [0, 0.05) is 41.0 Å². The van der Waals surface area contributed by atoms with Crippen LogP contribution in [0.3, 0.4) is 0 Å². The summed E-state index contributed by atoms with van der Waals surface area (Å²) >= 11 is 0. The van der Waals surface area contributed by atoms with Gasteiger partial charge < -0.3 is 38.5 Å². The van der Waals surface area contributed by atoms with Crippen LogP contribution in [0.15, 0.2) is 97.1 Å². The number of hydrogen-bond acceptors (Lipinski definition) is 16. The molecule has 8 atom stereocenters. The standard InChI is InChI=1S/C66H86N10O12/c1-39(2)31-53-63(81)85-43(9)59(77)71(11)56(34-42(7)8)66(84)88-58(36-46-25-29-48(30-26-46)38-76-52-22-18-16-20-50(52)68-70-76)62(80)74(14)54(32-40(3)4)64(82)86-44(10)60(78)72(12)55(33-41(5)6)65(83)87-57(61(79)73(53)13)35-45-23-27-47(28-24-45)37-75-51-21-17-15-19-49(51)67-69-75/h15-30,39-44,53-58H,31-38H2,1-14H3/t43-,44-,53+,54+,55+,56+,57-,58-/m1/s1. The van der Waals surface area contributed by atoms with Crippen LogP contribution in [0.2, 0.25) is 0 Å². The second-order valence-corrected chi connectivity index (χ2v) is 24.9. The number of para-hydroxylation sites is 2. The van der Waals surface area contributed by atoms with Crippen molar-refractivity contribution in [2.45, 2.75) is 169 Å². The maximum atomic E-state index is 15.1. The fourth-order valence-corrected chi connectivity index (χ4v) is 10.9. The van der Waals surface area contributed by atoms with Crippen LogP contribution in [0.1, 0.15) is 117 Å². The Morgan fingerprint density at radius 1 is 0.375 bits per heavy atom. The normalized spacial score (nSPS) is 22.3. The van der Waals surface area contributed by atoms with Crippen molar-refractivity contribution in [3.63, 3.8) is 0 Å². The van der Waals surface area contributed by atoms with Crippen LogP contribution in [0.25, 0.3) is 22.1 Å². The van der Waals surface area contributed by atoms with Gasteiger partial charge in [0.05, 0.1) is 24.1 Å². The summed E-state index contributed by atoms with van der Waals surface area (Å²) in [5, 5.41) is 17.1. The third kappa shape index (κ3) is 16.9. The van der Waals surface area contributed by atoms with Crippen molar-refractivity contribution in [3.05, 3.63) is 119 Å². The second kappa shape index (κ2) is 29.9. The summed E-state index contributed by atoms with van der Waals surface area (Å²) in [6, 6.07) is 24.6. The van der Waals surface area contributed by atoms with Gasteiger partial charge in [-0.25, -0.2) is 28.5 Å². The highest BCUT2D eigenvalue weighted by Crippen LogP contribution is 2.26. The van der Waals surface area contributed by atoms with Crippen LogP contribution < -0.4 is 0 Å². The van der Waals surface area contributed by atoms with E-state index in [2.05, 4.69) is 20.6 Å². The number of amides is 4. The highest BCUT2D eigenvalue weighted by molar-refractivity contribution is 5.94. The molecule has 7 rings (SSSR count). The van der Waals surface area contributed by atoms with Gasteiger partial charge in [-0.05, 0) is 110 Å². The highest BCUT2D eigenvalue weighted by Gasteiger charge is 2.43. The minimum absolute atomic E-state index is 0.0693. The number of benzene rings is 4. The first-order valence-electron chi connectivity index (χ1n) is 30.3. The van der Waals surface area contributed by atoms with Crippen LogP contribution in [-0.2, 0) is 83.2 Å². The molecule has 22 nitrogen and oxygen atoms in total. The molecule has 0 saturated carbocycles. The molecule has 0 aliphatic carbocycles. The van der Waals surface area contributed by atoms with Crippen LogP contribution in [-0.4, -0.2) is 174 Å². The van der Waals surface area contributed by atoms with Crippen LogP contribution in [0.4, 0.5) is 0 Å². The van der Waals surface area contributed by atoms with Crippen LogP contribution >= 0.6 is 0 Å². The summed E-state index contributed by atoms with van der Waals surface area (Å²) in [5.74, 6) is -7.58. The lowest BCUT2D eigenvalue weighted by molar-refractivity contribution is -0.176. The molecule has 4 amide bonds. The predicted molar refractivity (Wildman–Crippen MR) is 328 cm³/mol. The van der Waals surface area contributed by atoms with E-state index in [1.54, 1.807) is 33.6 Å². The van der Waals surface area contributed by atoms with Gasteiger partial charge in [0.1, 0.15) is 35.2 Å². The third-order valence-electron chi connectivity index (χ3n) is 15.9. The van der Waals surface area contributed by atoms with E-state index < -0.39 is 96.1 Å². The molecule has 88 heavy (non-hydrogen) atoms. The van der Waals surface area contributed by atoms with Crippen LogP contribution in [0.5, 0.6) is 0 Å². The van der Waals surface area contributed by atoms with Crippen molar-refractivity contribution >= 4 is 69.6 Å². The minimum Gasteiger partial charge on any atom is -0.451 e. The molecule has 6 aromatic rings. The first-order chi connectivity index (χ1) is 41.7. The van der Waals surface area contributed by atoms with E-state index in [9.17, 15) is 28.8 Å². The number of aromatic nitrogens is 6. The minimum atomic E-state index is -1.56. The van der Waals surface area contributed by atoms with Gasteiger partial charge in [-0.2, -0.15) is 0 Å². The molecule has 0 unspecified atom stereocenters. The van der Waals surface area contributed by atoms with Crippen LogP contribution in [0, 0.1) is 23.7 Å². The van der Waals surface area contributed by atoms with Crippen molar-refractivity contribution in [1.82, 2.24) is 49.6 Å². The Labute approximate surface area is 515 Å². The largest absolute Gasteiger partial charge is 0.451 e. The zero-order valence-electron chi connectivity index (χ0n) is 53.2. The molecule has 2 aromatic heterocycles. The molecule has 22 heteroatoms. The Hall–Kier alpha value is -8.56. The van der Waals surface area contributed by atoms with E-state index in [1.165, 1.54) is 42.0 Å². The molecule has 0 bridgehead atoms. The van der Waals surface area contributed by atoms with Crippen molar-refractivity contribution in [3.8, 4) is 0 Å². The SMILES string of the molecule is CC(C)C[C@H]1C(=O)O[C@H](Cc2ccc(Cn3nnc4ccccc43)cc2)C(=O)N(C)[C@@H](CC(C)C)C(=O)O[C@H](C)C(=O)N(C)[C@@H](CC(C)C)C(=O)O[C@H](Cc2ccc(Cn3nnc4ccccc43)cc2)C(=O)N(C)[C@@H](CC(C)C)C(=O)O[C@H](C)C(=O)N1C. The van der Waals surface area contributed by atoms with E-state index in [1.807, 2.05) is 128 Å². The predicted octanol–water partition coefficient (Wildman–Crippen LogP) is 7.25. The molecule has 1 aliphatic rings. The number of hydrogen-bond donors (Lipinski definition) is 0. The molecule has 3 heterocycles. The van der Waals surface area contributed by atoms with Crippen molar-refractivity contribution in [2.24, 2.45) is 23.7 Å². The molecule has 1 fully saturated rings. The highest BCUT2D eigenvalue weighted by atomic mass is 16.6. The monoisotopic (exact) mass is 1210 g/mol. The summed E-state index contributed by atoms with van der Waals surface area (Å²) in [4.78, 5) is 123. The van der Waals surface area contributed by atoms with Crippen molar-refractivity contribution in [1.29, 1.82) is 0 Å². The molecular formula is C66H86N10O12. The number of fused-ring (bicyclic) bond motifs is 2. The van der Waals surface area contributed by atoms with Gasteiger partial charge in [-0.1, -0.05) is 139 Å². The van der Waals surface area contributed by atoms with E-state index in [0.29, 0.717) is 24.2 Å². The number of nitrogens with zero attached hydrogens (tertiary/aromatic N) is 10. The zero-order chi connectivity index (χ0) is 64.3. The Kier molecular flexibility index (Phi) is 22.7. The molecule has 4 aromatic carbocycles. The zero-order valence-corrected chi connectivity index (χ0v) is 53.2. The molecule has 1 aliphatic heterocycles. The summed E-state index contributed by atoms with van der Waals surface area (Å²) in [7, 11) is 5.56. The van der Waals surface area contributed by atoms with Crippen molar-refractivity contribution < 1.29 is 57.3 Å². The summed E-state index contributed by atoms with van der Waals surface area (Å²) in [5.41, 5.74) is 6.10. The van der Waals surface area contributed by atoms with Gasteiger partial charge >= 0.3 is 23.9 Å². The fraction of sp³-hybridized carbons (Fsp3) is 0.515. The quantitative estimate of drug-likeness (QED) is 0.0684. The maximum absolute atomic E-state index is 15.1. The third-order valence-corrected chi connectivity index (χ3v) is 15.9. The number of cyclic esters (lactones) is 4. The maximum Gasteiger partial charge on any atom is 0.329 e. The number of esters is 4. The molecule has 0 N–H and O–H groups in total. The summed E-state index contributed by atoms with van der Waals surface area (Å²) in [6.45, 7) is 18.3. The molecule has 0 spiro atoms. The lowest BCUT2D eigenvalue weighted by atomic mass is 9.99. The Morgan fingerprint density at radius 2 is 0.648 bits per heavy atom. The smallest absolute Gasteiger partial charge is 0.329 e. The van der Waals surface area contributed by atoms with E-state index in [4.69, 9.17) is 18.9 Å². The number of carbonyl (C=O) groups is 8. The molecular weight excluding hydrogens is 1120 g/mol. The second-order valence-electron chi connectivity index (χ2n) is 24.9. The van der Waals surface area contributed by atoms with Gasteiger partial charge in [0.25, 0.3) is 23.6 Å². The average Bonchev–Trinajstić information content (AvgIpc) is 4.18. The van der Waals surface area contributed by atoms with Gasteiger partial charge in [-0.3, -0.25) is 19.2 Å². The van der Waals surface area contributed by atoms with Crippen molar-refractivity contribution in [2.75, 3.05) is 28.2 Å². The van der Waals surface area contributed by atoms with Gasteiger partial charge in [-0.15, -0.1) is 10.2 Å². The summed E-state index contributed by atoms with van der Waals surface area (Å²) in [6.07, 6.45) is -6.15. The first-order valence-corrected chi connectivity index (χ1v) is 30.3. The van der Waals surface area contributed by atoms with E-state index in [-0.39, 0.29) is 62.2 Å². The number of likely N-dealkylation sites (N-methyl/N-ethyl adjacent to an activating group) is 4. The van der Waals surface area contributed by atoms with E-state index >= 15 is 9.59 Å². The molecule has 1 saturated heterocycles. The molecule has 0 radical (unpaired) electrons. The Balaban J connectivity index is 1.24. The van der Waals surface area contributed by atoms with Gasteiger partial charge in [0.2, 0.25) is 0 Å². The lowest BCUT2D eigenvalue weighted by Gasteiger charge is -2.35. The Morgan fingerprint density at radius 3 is 0.955 bits per heavy atom. The number of rotatable bonds is 16. The lowest BCUT2D eigenvalue weighted by Crippen LogP contribution is -2.55. The average molecular weight is 1210 g/mol. The van der Waals surface area contributed by atoms with Gasteiger partial charge in [0.15, 0.2) is 24.4 Å². The summed E-state index contributed by atoms with van der Waals surface area (Å²) < 4.78 is 27.9. The first kappa shape index (κ1) is 67.0. The molecule has 472 valence electrons.